The van der Waals surface area contributed by atoms with Crippen molar-refractivity contribution < 1.29 is 0 Å². The zero-order chi connectivity index (χ0) is 20.5. The fourth-order valence-electron chi connectivity index (χ4n) is 3.29. The molecule has 146 valence electrons. The minimum atomic E-state index is 0.291. The molecule has 0 fully saturated rings. The number of aryl methyl sites for hydroxylation is 1. The van der Waals surface area contributed by atoms with Gasteiger partial charge < -0.3 is 10.2 Å². The molecule has 4 heterocycles. The fraction of sp³-hybridized carbons (Fsp3) is 0.0952. The Morgan fingerprint density at radius 2 is 2.00 bits per heavy atom. The van der Waals surface area contributed by atoms with Crippen molar-refractivity contribution in [1.29, 1.82) is 5.26 Å². The summed E-state index contributed by atoms with van der Waals surface area (Å²) < 4.78 is 3.58. The maximum absolute atomic E-state index is 9.46. The van der Waals surface area contributed by atoms with Gasteiger partial charge in [0.2, 0.25) is 0 Å². The van der Waals surface area contributed by atoms with E-state index in [1.54, 1.807) is 29.6 Å². The molecule has 3 aromatic heterocycles. The van der Waals surface area contributed by atoms with Crippen LogP contribution in [0.5, 0.6) is 0 Å². The lowest BCUT2D eigenvalue weighted by molar-refractivity contribution is 0.768. The average molecular weight is 395 g/mol. The molecule has 0 aliphatic carbocycles. The predicted octanol–water partition coefficient (Wildman–Crippen LogP) is 3.11. The number of benzene rings is 1. The summed E-state index contributed by atoms with van der Waals surface area (Å²) in [6, 6.07) is 10.0. The van der Waals surface area contributed by atoms with Crippen molar-refractivity contribution >= 4 is 29.2 Å². The van der Waals surface area contributed by atoms with Gasteiger partial charge in [-0.25, -0.2) is 9.97 Å². The fourth-order valence-corrected chi connectivity index (χ4v) is 3.29. The highest BCUT2D eigenvalue weighted by Gasteiger charge is 2.14. The van der Waals surface area contributed by atoms with Crippen molar-refractivity contribution in [3.05, 3.63) is 67.0 Å². The number of hydrogen-bond acceptors (Lipinski definition) is 7. The predicted molar refractivity (Wildman–Crippen MR) is 115 cm³/mol. The summed E-state index contributed by atoms with van der Waals surface area (Å²) in [5, 5.41) is 17.0. The molecule has 0 unspecified atom stereocenters. The van der Waals surface area contributed by atoms with Crippen molar-refractivity contribution in [2.24, 2.45) is 12.0 Å². The minimum absolute atomic E-state index is 0.291. The van der Waals surface area contributed by atoms with Crippen LogP contribution in [-0.2, 0) is 7.05 Å². The molecule has 0 saturated carbocycles. The molecule has 5 rings (SSSR count). The van der Waals surface area contributed by atoms with Crippen LogP contribution in [0.15, 0.2) is 66.3 Å². The smallest absolute Gasteiger partial charge is 0.181 e. The Labute approximate surface area is 172 Å². The van der Waals surface area contributed by atoms with Crippen LogP contribution in [0, 0.1) is 11.3 Å². The van der Waals surface area contributed by atoms with E-state index in [4.69, 9.17) is 0 Å². The van der Waals surface area contributed by atoms with Crippen LogP contribution >= 0.6 is 0 Å². The molecule has 30 heavy (non-hydrogen) atoms. The van der Waals surface area contributed by atoms with Crippen molar-refractivity contribution in [2.45, 2.75) is 0 Å². The molecule has 9 nitrogen and oxygen atoms in total. The van der Waals surface area contributed by atoms with E-state index < -0.39 is 0 Å². The van der Waals surface area contributed by atoms with Crippen LogP contribution in [-0.4, -0.2) is 37.0 Å². The zero-order valence-electron chi connectivity index (χ0n) is 16.1. The Bertz CT molecular complexity index is 1310. The Morgan fingerprint density at radius 1 is 1.13 bits per heavy atom. The number of aromatic nitrogens is 5. The third-order valence-electron chi connectivity index (χ3n) is 4.72. The standard InChI is InChI=1S/C21H17N9/c1-28-12-15(10-25-28)19-11-24-21-20(27-17(9-22)13-30(19)21)26-16-3-5-18(6-4-16)29-8-2-7-23-14-29/h2-6,8,10-14H,7H2,1H3,(H,26,27). The van der Waals surface area contributed by atoms with Gasteiger partial charge >= 0.3 is 0 Å². The van der Waals surface area contributed by atoms with Crippen LogP contribution < -0.4 is 10.2 Å². The number of nitrogens with one attached hydrogen (secondary N) is 1. The molecule has 0 amide bonds. The first kappa shape index (κ1) is 17.6. The number of imidazole rings is 1. The SMILES string of the molecule is Cn1cc(-c2cnc3c(Nc4ccc(N5C=CCN=C5)cc4)nc(C#N)cn23)cn1. The summed E-state index contributed by atoms with van der Waals surface area (Å²) in [4.78, 5) is 15.1. The third kappa shape index (κ3) is 3.16. The second-order valence-electron chi connectivity index (χ2n) is 6.77. The van der Waals surface area contributed by atoms with Crippen molar-refractivity contribution in [2.75, 3.05) is 16.8 Å². The van der Waals surface area contributed by atoms with Crippen molar-refractivity contribution in [3.8, 4) is 17.3 Å². The van der Waals surface area contributed by atoms with E-state index in [1.165, 1.54) is 0 Å². The molecule has 1 aromatic carbocycles. The molecular weight excluding hydrogens is 378 g/mol. The number of anilines is 3. The molecule has 0 bridgehead atoms. The highest BCUT2D eigenvalue weighted by Crippen LogP contribution is 2.27. The van der Waals surface area contributed by atoms with Crippen LogP contribution in [0.1, 0.15) is 5.69 Å². The van der Waals surface area contributed by atoms with Gasteiger partial charge in [-0.2, -0.15) is 10.4 Å². The lowest BCUT2D eigenvalue weighted by Gasteiger charge is -2.17. The summed E-state index contributed by atoms with van der Waals surface area (Å²) in [5.41, 5.74) is 4.51. The molecule has 1 N–H and O–H groups in total. The van der Waals surface area contributed by atoms with Gasteiger partial charge in [0.1, 0.15) is 6.07 Å². The lowest BCUT2D eigenvalue weighted by Crippen LogP contribution is -2.16. The van der Waals surface area contributed by atoms with Crippen LogP contribution in [0.4, 0.5) is 17.2 Å². The van der Waals surface area contributed by atoms with Gasteiger partial charge in [-0.05, 0) is 30.3 Å². The number of fused-ring (bicyclic) bond motifs is 1. The topological polar surface area (TPSA) is 99.4 Å². The molecule has 0 radical (unpaired) electrons. The van der Waals surface area contributed by atoms with E-state index in [9.17, 15) is 5.26 Å². The third-order valence-corrected chi connectivity index (χ3v) is 4.72. The molecular formula is C21H17N9. The number of rotatable bonds is 4. The number of nitrogens with zero attached hydrogens (tertiary/aromatic N) is 8. The van der Waals surface area contributed by atoms with Crippen LogP contribution in [0.3, 0.4) is 0 Å². The monoisotopic (exact) mass is 395 g/mol. The van der Waals surface area contributed by atoms with Gasteiger partial charge in [-0.3, -0.25) is 14.1 Å². The number of aliphatic imine (C=N–C) groups is 1. The molecule has 4 aromatic rings. The summed E-state index contributed by atoms with van der Waals surface area (Å²) >= 11 is 0. The van der Waals surface area contributed by atoms with Crippen molar-refractivity contribution in [3.63, 3.8) is 0 Å². The van der Waals surface area contributed by atoms with E-state index in [0.29, 0.717) is 23.7 Å². The van der Waals surface area contributed by atoms with E-state index in [2.05, 4.69) is 31.4 Å². The molecule has 0 spiro atoms. The van der Waals surface area contributed by atoms with E-state index in [-0.39, 0.29) is 0 Å². The maximum Gasteiger partial charge on any atom is 0.181 e. The minimum Gasteiger partial charge on any atom is -0.337 e. The second kappa shape index (κ2) is 7.18. The van der Waals surface area contributed by atoms with Gasteiger partial charge in [0, 0.05) is 42.6 Å². The summed E-state index contributed by atoms with van der Waals surface area (Å²) in [7, 11) is 1.86. The normalized spacial score (nSPS) is 13.0. The largest absolute Gasteiger partial charge is 0.337 e. The van der Waals surface area contributed by atoms with E-state index in [1.807, 2.05) is 59.1 Å². The summed E-state index contributed by atoms with van der Waals surface area (Å²) in [6.07, 6.45) is 12.9. The molecule has 1 aliphatic heterocycles. The molecule has 1 aliphatic rings. The first-order chi connectivity index (χ1) is 14.7. The zero-order valence-corrected chi connectivity index (χ0v) is 16.1. The van der Waals surface area contributed by atoms with E-state index in [0.717, 1.165) is 22.6 Å². The van der Waals surface area contributed by atoms with Gasteiger partial charge in [-0.15, -0.1) is 0 Å². The summed E-state index contributed by atoms with van der Waals surface area (Å²) in [5.74, 6) is 0.511. The van der Waals surface area contributed by atoms with Gasteiger partial charge in [0.15, 0.2) is 17.2 Å². The Hall–Kier alpha value is -4.45. The Balaban J connectivity index is 1.50. The second-order valence-corrected chi connectivity index (χ2v) is 6.77. The molecule has 0 saturated heterocycles. The first-order valence-electron chi connectivity index (χ1n) is 9.30. The van der Waals surface area contributed by atoms with E-state index >= 15 is 0 Å². The van der Waals surface area contributed by atoms with Crippen molar-refractivity contribution in [1.82, 2.24) is 24.1 Å². The van der Waals surface area contributed by atoms with Gasteiger partial charge in [-0.1, -0.05) is 0 Å². The van der Waals surface area contributed by atoms with Gasteiger partial charge in [0.25, 0.3) is 0 Å². The highest BCUT2D eigenvalue weighted by molar-refractivity contribution is 5.83. The average Bonchev–Trinajstić information content (AvgIpc) is 3.41. The Morgan fingerprint density at radius 3 is 2.70 bits per heavy atom. The van der Waals surface area contributed by atoms with Crippen LogP contribution in [0.25, 0.3) is 16.9 Å². The number of hydrogen-bond donors (Lipinski definition) is 1. The lowest BCUT2D eigenvalue weighted by atomic mass is 10.2. The quantitative estimate of drug-likeness (QED) is 0.570. The molecule has 0 atom stereocenters. The summed E-state index contributed by atoms with van der Waals surface area (Å²) in [6.45, 7) is 0.707. The Kier molecular flexibility index (Phi) is 4.22. The van der Waals surface area contributed by atoms with Crippen LogP contribution in [0.2, 0.25) is 0 Å². The molecule has 9 heteroatoms. The first-order valence-corrected chi connectivity index (χ1v) is 9.30. The maximum atomic E-state index is 9.46. The van der Waals surface area contributed by atoms with Gasteiger partial charge in [0.05, 0.1) is 31.0 Å². The highest BCUT2D eigenvalue weighted by atomic mass is 15.2. The number of nitriles is 1.